The lowest BCUT2D eigenvalue weighted by molar-refractivity contribution is -0.124. The van der Waals surface area contributed by atoms with Crippen LogP contribution < -0.4 is 5.32 Å². The van der Waals surface area contributed by atoms with Gasteiger partial charge in [0.1, 0.15) is 8.07 Å². The van der Waals surface area contributed by atoms with Crippen LogP contribution >= 0.6 is 0 Å². The van der Waals surface area contributed by atoms with Gasteiger partial charge in [-0.2, -0.15) is 0 Å². The van der Waals surface area contributed by atoms with Crippen molar-refractivity contribution in [3.05, 3.63) is 48.6 Å². The summed E-state index contributed by atoms with van der Waals surface area (Å²) in [7, 11) is 0.102. The number of rotatable bonds is 6. The topological polar surface area (TPSA) is 32.3 Å². The van der Waals surface area contributed by atoms with Crippen molar-refractivity contribution in [2.75, 3.05) is 13.6 Å². The number of carbonyl (C=O) groups is 1. The Labute approximate surface area is 141 Å². The van der Waals surface area contributed by atoms with Crippen molar-refractivity contribution >= 4 is 14.0 Å². The van der Waals surface area contributed by atoms with Gasteiger partial charge in [-0.05, 0) is 12.5 Å². The summed E-state index contributed by atoms with van der Waals surface area (Å²) in [4.78, 5) is 14.5. The van der Waals surface area contributed by atoms with E-state index in [4.69, 9.17) is 0 Å². The van der Waals surface area contributed by atoms with Crippen LogP contribution in [0.15, 0.2) is 43.0 Å². The molecular formula is C19H28N2OSi. The summed E-state index contributed by atoms with van der Waals surface area (Å²) in [5.74, 6) is 3.15. The van der Waals surface area contributed by atoms with E-state index in [0.29, 0.717) is 6.54 Å². The molecule has 0 aliphatic rings. The molecule has 23 heavy (non-hydrogen) atoms. The van der Waals surface area contributed by atoms with Gasteiger partial charge in [-0.3, -0.25) is 9.69 Å². The Morgan fingerprint density at radius 2 is 1.96 bits per heavy atom. The number of hydrogen-bond donors (Lipinski definition) is 1. The third-order valence-electron chi connectivity index (χ3n) is 3.53. The highest BCUT2D eigenvalue weighted by Crippen LogP contribution is 2.22. The lowest BCUT2D eigenvalue weighted by Gasteiger charge is -2.32. The van der Waals surface area contributed by atoms with E-state index in [-0.39, 0.29) is 11.9 Å². The van der Waals surface area contributed by atoms with Crippen molar-refractivity contribution in [1.29, 1.82) is 0 Å². The SMILES string of the molecule is C=CCN([C@@H](C#C[Si](C)(C)C)C(=O)NC)[C@@H](C)c1ccccc1. The zero-order valence-electron chi connectivity index (χ0n) is 14.9. The zero-order valence-corrected chi connectivity index (χ0v) is 15.9. The largest absolute Gasteiger partial charge is 0.357 e. The van der Waals surface area contributed by atoms with Crippen LogP contribution in [0.25, 0.3) is 0 Å². The van der Waals surface area contributed by atoms with E-state index < -0.39 is 14.1 Å². The van der Waals surface area contributed by atoms with Crippen LogP contribution in [0.5, 0.6) is 0 Å². The van der Waals surface area contributed by atoms with Crippen molar-refractivity contribution in [3.8, 4) is 11.5 Å². The fourth-order valence-corrected chi connectivity index (χ4v) is 2.85. The molecule has 0 aromatic heterocycles. The Kier molecular flexibility index (Phi) is 7.28. The van der Waals surface area contributed by atoms with Crippen LogP contribution in [0.2, 0.25) is 19.6 Å². The van der Waals surface area contributed by atoms with Crippen LogP contribution in [0.1, 0.15) is 18.5 Å². The van der Waals surface area contributed by atoms with Crippen molar-refractivity contribution in [2.24, 2.45) is 0 Å². The third kappa shape index (κ3) is 6.05. The first-order valence-electron chi connectivity index (χ1n) is 7.96. The molecule has 1 amide bonds. The monoisotopic (exact) mass is 328 g/mol. The van der Waals surface area contributed by atoms with Gasteiger partial charge in [-0.15, -0.1) is 12.1 Å². The summed E-state index contributed by atoms with van der Waals surface area (Å²) in [5, 5.41) is 2.74. The molecule has 3 nitrogen and oxygen atoms in total. The maximum absolute atomic E-state index is 12.4. The summed E-state index contributed by atoms with van der Waals surface area (Å²) in [6, 6.07) is 9.78. The Morgan fingerprint density at radius 1 is 1.35 bits per heavy atom. The predicted octanol–water partition coefficient (Wildman–Crippen LogP) is 3.23. The molecule has 1 aromatic carbocycles. The van der Waals surface area contributed by atoms with E-state index in [9.17, 15) is 4.79 Å². The molecule has 124 valence electrons. The Bertz CT molecular complexity index is 581. The smallest absolute Gasteiger partial charge is 0.249 e. The predicted molar refractivity (Wildman–Crippen MR) is 101 cm³/mol. The minimum absolute atomic E-state index is 0.0691. The molecule has 1 aromatic rings. The number of likely N-dealkylation sites (N-methyl/N-ethyl adjacent to an activating group) is 1. The van der Waals surface area contributed by atoms with Crippen LogP contribution in [0.4, 0.5) is 0 Å². The minimum Gasteiger partial charge on any atom is -0.357 e. The average molecular weight is 329 g/mol. The van der Waals surface area contributed by atoms with Crippen molar-refractivity contribution in [1.82, 2.24) is 10.2 Å². The quantitative estimate of drug-likeness (QED) is 0.494. The second-order valence-electron chi connectivity index (χ2n) is 6.61. The number of carbonyl (C=O) groups excluding carboxylic acids is 1. The minimum atomic E-state index is -1.56. The number of hydrogen-bond acceptors (Lipinski definition) is 2. The standard InChI is InChI=1S/C19H28N2OSi/c1-7-14-21(16(2)17-11-9-8-10-12-17)18(19(22)20-3)13-15-23(4,5)6/h7-12,16,18H,1,14H2,2-6H3,(H,20,22)/t16-,18-/m0/s1. The van der Waals surface area contributed by atoms with Gasteiger partial charge in [-0.25, -0.2) is 0 Å². The first kappa shape index (κ1) is 19.2. The maximum atomic E-state index is 12.4. The summed E-state index contributed by atoms with van der Waals surface area (Å²) >= 11 is 0. The summed E-state index contributed by atoms with van der Waals surface area (Å²) in [6.45, 7) is 13.1. The highest BCUT2D eigenvalue weighted by molar-refractivity contribution is 6.83. The molecule has 0 saturated carbocycles. The normalized spacial score (nSPS) is 13.7. The first-order valence-corrected chi connectivity index (χ1v) is 11.5. The number of benzene rings is 1. The van der Waals surface area contributed by atoms with Gasteiger partial charge >= 0.3 is 0 Å². The second-order valence-corrected chi connectivity index (χ2v) is 11.4. The van der Waals surface area contributed by atoms with E-state index in [1.807, 2.05) is 24.3 Å². The van der Waals surface area contributed by atoms with Gasteiger partial charge in [0.2, 0.25) is 5.91 Å². The lowest BCUT2D eigenvalue weighted by Crippen LogP contribution is -2.46. The van der Waals surface area contributed by atoms with E-state index >= 15 is 0 Å². The maximum Gasteiger partial charge on any atom is 0.249 e. The van der Waals surface area contributed by atoms with Gasteiger partial charge in [-0.1, -0.05) is 62.0 Å². The van der Waals surface area contributed by atoms with Crippen LogP contribution in [0.3, 0.4) is 0 Å². The summed E-state index contributed by atoms with van der Waals surface area (Å²) < 4.78 is 0. The van der Waals surface area contributed by atoms with Gasteiger partial charge in [0.15, 0.2) is 6.04 Å². The van der Waals surface area contributed by atoms with E-state index in [2.05, 4.69) is 67.0 Å². The van der Waals surface area contributed by atoms with Crippen LogP contribution in [0, 0.1) is 11.5 Å². The van der Waals surface area contributed by atoms with Crippen molar-refractivity contribution in [2.45, 2.75) is 38.6 Å². The molecule has 2 atom stereocenters. The molecular weight excluding hydrogens is 300 g/mol. The Balaban J connectivity index is 3.21. The molecule has 1 N–H and O–H groups in total. The molecule has 0 fully saturated rings. The Hall–Kier alpha value is -1.83. The van der Waals surface area contributed by atoms with Crippen molar-refractivity contribution < 1.29 is 4.79 Å². The number of amides is 1. The summed E-state index contributed by atoms with van der Waals surface area (Å²) in [5.41, 5.74) is 4.50. The molecule has 0 spiro atoms. The first-order chi connectivity index (χ1) is 10.8. The van der Waals surface area contributed by atoms with Gasteiger partial charge in [0.05, 0.1) is 0 Å². The van der Waals surface area contributed by atoms with E-state index in [1.54, 1.807) is 7.05 Å². The highest BCUT2D eigenvalue weighted by Gasteiger charge is 2.27. The van der Waals surface area contributed by atoms with E-state index in [0.717, 1.165) is 5.56 Å². The van der Waals surface area contributed by atoms with Crippen LogP contribution in [-0.4, -0.2) is 38.5 Å². The average Bonchev–Trinajstić information content (AvgIpc) is 2.52. The highest BCUT2D eigenvalue weighted by atomic mass is 28.3. The summed E-state index contributed by atoms with van der Waals surface area (Å²) in [6.07, 6.45) is 1.82. The molecule has 0 aliphatic carbocycles. The number of nitrogens with zero attached hydrogens (tertiary/aromatic N) is 1. The molecule has 0 saturated heterocycles. The zero-order chi connectivity index (χ0) is 17.5. The molecule has 0 aliphatic heterocycles. The second kappa shape index (κ2) is 8.71. The molecule has 0 unspecified atom stereocenters. The van der Waals surface area contributed by atoms with Gasteiger partial charge in [0.25, 0.3) is 0 Å². The van der Waals surface area contributed by atoms with E-state index in [1.165, 1.54) is 0 Å². The Morgan fingerprint density at radius 3 is 2.43 bits per heavy atom. The lowest BCUT2D eigenvalue weighted by atomic mass is 10.0. The molecule has 0 heterocycles. The number of nitrogens with one attached hydrogen (secondary N) is 1. The third-order valence-corrected chi connectivity index (χ3v) is 4.42. The molecule has 4 heteroatoms. The van der Waals surface area contributed by atoms with Crippen molar-refractivity contribution in [3.63, 3.8) is 0 Å². The van der Waals surface area contributed by atoms with Gasteiger partial charge < -0.3 is 5.32 Å². The fraction of sp³-hybridized carbons (Fsp3) is 0.421. The molecule has 0 bridgehead atoms. The fourth-order valence-electron chi connectivity index (χ4n) is 2.28. The molecule has 1 rings (SSSR count). The van der Waals surface area contributed by atoms with Crippen LogP contribution in [-0.2, 0) is 4.79 Å². The van der Waals surface area contributed by atoms with Gasteiger partial charge in [0, 0.05) is 19.6 Å². The molecule has 0 radical (unpaired) electrons.